The normalized spacial score (nSPS) is 22.0. The van der Waals surface area contributed by atoms with E-state index in [-0.39, 0.29) is 12.0 Å². The molecule has 0 spiro atoms. The van der Waals surface area contributed by atoms with E-state index in [4.69, 9.17) is 14.6 Å². The molecule has 2 rings (SSSR count). The van der Waals surface area contributed by atoms with Gasteiger partial charge < -0.3 is 19.9 Å². The molecule has 2 N–H and O–H groups in total. The highest BCUT2D eigenvalue weighted by atomic mass is 16.5. The molecule has 1 aromatic rings. The number of ether oxygens (including phenoxy) is 2. The number of aromatic nitrogens is 2. The fourth-order valence-corrected chi connectivity index (χ4v) is 2.20. The van der Waals surface area contributed by atoms with Crippen LogP contribution >= 0.6 is 0 Å². The van der Waals surface area contributed by atoms with Crippen molar-refractivity contribution in [3.8, 4) is 11.8 Å². The number of nitrogens with one attached hydrogen (secondary N) is 1. The highest BCUT2D eigenvalue weighted by molar-refractivity contribution is 5.70. The molecule has 1 aromatic heterocycles. The minimum atomic E-state index is -0.742. The van der Waals surface area contributed by atoms with Gasteiger partial charge in [-0.15, -0.1) is 0 Å². The molecule has 2 atom stereocenters. The molecule has 0 aliphatic heterocycles. The van der Waals surface area contributed by atoms with Crippen molar-refractivity contribution in [2.24, 2.45) is 5.92 Å². The number of aliphatic carboxylic acids is 1. The molecule has 0 amide bonds. The van der Waals surface area contributed by atoms with Gasteiger partial charge in [-0.05, 0) is 19.3 Å². The lowest BCUT2D eigenvalue weighted by molar-refractivity contribution is -0.141. The van der Waals surface area contributed by atoms with Crippen molar-refractivity contribution in [2.75, 3.05) is 19.5 Å². The molecule has 0 bridgehead atoms. The second-order valence-corrected chi connectivity index (χ2v) is 4.47. The monoisotopic (exact) mass is 267 g/mol. The lowest BCUT2D eigenvalue weighted by Crippen LogP contribution is -2.19. The SMILES string of the molecule is COc1cc(OC)nc(NC2CCC(C(=O)O)C2)n1. The van der Waals surface area contributed by atoms with Crippen LogP contribution in [0.25, 0.3) is 0 Å². The first-order chi connectivity index (χ1) is 9.12. The van der Waals surface area contributed by atoms with Gasteiger partial charge >= 0.3 is 5.97 Å². The van der Waals surface area contributed by atoms with Crippen LogP contribution in [-0.2, 0) is 4.79 Å². The zero-order valence-corrected chi connectivity index (χ0v) is 10.9. The summed E-state index contributed by atoms with van der Waals surface area (Å²) < 4.78 is 10.1. The van der Waals surface area contributed by atoms with Crippen LogP contribution in [0.1, 0.15) is 19.3 Å². The van der Waals surface area contributed by atoms with Gasteiger partial charge in [0.05, 0.1) is 26.2 Å². The maximum absolute atomic E-state index is 10.9. The maximum atomic E-state index is 10.9. The Balaban J connectivity index is 2.05. The minimum Gasteiger partial charge on any atom is -0.481 e. The van der Waals surface area contributed by atoms with Crippen LogP contribution in [0.4, 0.5) is 5.95 Å². The fraction of sp³-hybridized carbons (Fsp3) is 0.583. The predicted octanol–water partition coefficient (Wildman–Crippen LogP) is 1.16. The molecule has 1 fully saturated rings. The molecular weight excluding hydrogens is 250 g/mol. The van der Waals surface area contributed by atoms with Gasteiger partial charge in [0.25, 0.3) is 0 Å². The molecule has 7 nitrogen and oxygen atoms in total. The number of carboxylic acid groups (broad SMARTS) is 1. The summed E-state index contributed by atoms with van der Waals surface area (Å²) >= 11 is 0. The third kappa shape index (κ3) is 3.24. The quantitative estimate of drug-likeness (QED) is 0.826. The van der Waals surface area contributed by atoms with Gasteiger partial charge in [0, 0.05) is 6.04 Å². The van der Waals surface area contributed by atoms with Gasteiger partial charge in [-0.1, -0.05) is 0 Å². The number of rotatable bonds is 5. The topological polar surface area (TPSA) is 93.6 Å². The lowest BCUT2D eigenvalue weighted by Gasteiger charge is -2.13. The molecule has 1 aliphatic carbocycles. The Bertz CT molecular complexity index is 444. The summed E-state index contributed by atoms with van der Waals surface area (Å²) in [5.74, 6) is 0.176. The predicted molar refractivity (Wildman–Crippen MR) is 67.5 cm³/mol. The Hall–Kier alpha value is -2.05. The van der Waals surface area contributed by atoms with Crippen molar-refractivity contribution in [3.63, 3.8) is 0 Å². The van der Waals surface area contributed by atoms with Crippen LogP contribution < -0.4 is 14.8 Å². The van der Waals surface area contributed by atoms with Crippen LogP contribution in [0.5, 0.6) is 11.8 Å². The third-order valence-electron chi connectivity index (χ3n) is 3.21. The van der Waals surface area contributed by atoms with Crippen molar-refractivity contribution in [1.29, 1.82) is 0 Å². The standard InChI is InChI=1S/C12H17N3O4/c1-18-9-6-10(19-2)15-12(14-9)13-8-4-3-7(5-8)11(16)17/h6-8H,3-5H2,1-2H3,(H,16,17)(H,13,14,15). The highest BCUT2D eigenvalue weighted by Gasteiger charge is 2.30. The van der Waals surface area contributed by atoms with Crippen LogP contribution in [0.15, 0.2) is 6.07 Å². The summed E-state index contributed by atoms with van der Waals surface area (Å²) in [6, 6.07) is 1.65. The van der Waals surface area contributed by atoms with E-state index >= 15 is 0 Å². The van der Waals surface area contributed by atoms with E-state index in [1.807, 2.05) is 0 Å². The van der Waals surface area contributed by atoms with Crippen LogP contribution in [0.2, 0.25) is 0 Å². The lowest BCUT2D eigenvalue weighted by atomic mass is 10.1. The average molecular weight is 267 g/mol. The van der Waals surface area contributed by atoms with Crippen molar-refractivity contribution < 1.29 is 19.4 Å². The van der Waals surface area contributed by atoms with Gasteiger partial charge in [0.2, 0.25) is 17.7 Å². The Morgan fingerprint density at radius 3 is 2.42 bits per heavy atom. The first kappa shape index (κ1) is 13.4. The Morgan fingerprint density at radius 2 is 1.95 bits per heavy atom. The first-order valence-electron chi connectivity index (χ1n) is 6.08. The molecule has 1 saturated carbocycles. The van der Waals surface area contributed by atoms with Gasteiger partial charge in [-0.2, -0.15) is 9.97 Å². The zero-order valence-electron chi connectivity index (χ0n) is 10.9. The van der Waals surface area contributed by atoms with Crippen molar-refractivity contribution in [1.82, 2.24) is 9.97 Å². The second kappa shape index (κ2) is 5.73. The van der Waals surface area contributed by atoms with E-state index in [9.17, 15) is 4.79 Å². The number of methoxy groups -OCH3 is 2. The maximum Gasteiger partial charge on any atom is 0.306 e. The number of anilines is 1. The molecule has 2 unspecified atom stereocenters. The Labute approximate surface area is 111 Å². The molecule has 0 radical (unpaired) electrons. The number of carboxylic acids is 1. The first-order valence-corrected chi connectivity index (χ1v) is 6.08. The van der Waals surface area contributed by atoms with Gasteiger partial charge in [-0.3, -0.25) is 4.79 Å². The van der Waals surface area contributed by atoms with Crippen molar-refractivity contribution >= 4 is 11.9 Å². The summed E-state index contributed by atoms with van der Waals surface area (Å²) in [6.45, 7) is 0. The molecule has 1 heterocycles. The summed E-state index contributed by atoms with van der Waals surface area (Å²) in [6.07, 6.45) is 2.05. The fourth-order valence-electron chi connectivity index (χ4n) is 2.20. The number of nitrogens with zero attached hydrogens (tertiary/aromatic N) is 2. The third-order valence-corrected chi connectivity index (χ3v) is 3.21. The van der Waals surface area contributed by atoms with E-state index in [0.717, 1.165) is 6.42 Å². The van der Waals surface area contributed by atoms with E-state index in [2.05, 4.69) is 15.3 Å². The van der Waals surface area contributed by atoms with Crippen LogP contribution in [0.3, 0.4) is 0 Å². The van der Waals surface area contributed by atoms with Crippen LogP contribution in [-0.4, -0.2) is 41.3 Å². The Kier molecular flexibility index (Phi) is 4.03. The minimum absolute atomic E-state index is 0.0675. The van der Waals surface area contributed by atoms with E-state index in [1.54, 1.807) is 6.07 Å². The molecule has 19 heavy (non-hydrogen) atoms. The second-order valence-electron chi connectivity index (χ2n) is 4.47. The molecule has 0 aromatic carbocycles. The smallest absolute Gasteiger partial charge is 0.306 e. The van der Waals surface area contributed by atoms with E-state index in [0.29, 0.717) is 30.5 Å². The van der Waals surface area contributed by atoms with Crippen molar-refractivity contribution in [3.05, 3.63) is 6.07 Å². The molecular formula is C12H17N3O4. The summed E-state index contributed by atoms with van der Waals surface area (Å²) in [5.41, 5.74) is 0. The number of carbonyl (C=O) groups is 1. The molecule has 104 valence electrons. The van der Waals surface area contributed by atoms with Crippen LogP contribution in [0, 0.1) is 5.92 Å². The number of hydrogen-bond donors (Lipinski definition) is 2. The van der Waals surface area contributed by atoms with Crippen molar-refractivity contribution in [2.45, 2.75) is 25.3 Å². The Morgan fingerprint density at radius 1 is 1.32 bits per heavy atom. The summed E-state index contributed by atoms with van der Waals surface area (Å²) in [4.78, 5) is 19.2. The largest absolute Gasteiger partial charge is 0.481 e. The number of hydrogen-bond acceptors (Lipinski definition) is 6. The molecule has 7 heteroatoms. The molecule has 1 aliphatic rings. The summed E-state index contributed by atoms with van der Waals surface area (Å²) in [5, 5.41) is 12.1. The van der Waals surface area contributed by atoms with Gasteiger partial charge in [0.1, 0.15) is 0 Å². The highest BCUT2D eigenvalue weighted by Crippen LogP contribution is 2.28. The van der Waals surface area contributed by atoms with Gasteiger partial charge in [0.15, 0.2) is 0 Å². The van der Waals surface area contributed by atoms with E-state index < -0.39 is 5.97 Å². The zero-order chi connectivity index (χ0) is 13.8. The molecule has 0 saturated heterocycles. The van der Waals surface area contributed by atoms with Gasteiger partial charge in [-0.25, -0.2) is 0 Å². The average Bonchev–Trinajstić information content (AvgIpc) is 2.87. The van der Waals surface area contributed by atoms with E-state index in [1.165, 1.54) is 14.2 Å². The summed E-state index contributed by atoms with van der Waals surface area (Å²) in [7, 11) is 3.03.